The molecule has 5 nitrogen and oxygen atoms in total. The van der Waals surface area contributed by atoms with Crippen molar-refractivity contribution in [1.29, 1.82) is 0 Å². The van der Waals surface area contributed by atoms with Gasteiger partial charge in [0.25, 0.3) is 0 Å². The van der Waals surface area contributed by atoms with Crippen LogP contribution in [0.2, 0.25) is 0 Å². The molecule has 0 saturated carbocycles. The average Bonchev–Trinajstić information content (AvgIpc) is 2.64. The molecule has 1 saturated heterocycles. The minimum Gasteiger partial charge on any atom is -0.406 e. The van der Waals surface area contributed by atoms with E-state index in [0.29, 0.717) is 32.8 Å². The summed E-state index contributed by atoms with van der Waals surface area (Å²) >= 11 is 0. The number of β-amino-alcohol motifs (C(OH)–C–C–N with tert-alkyl or cyclic N) is 1. The normalized spacial score (nSPS) is 23.1. The highest BCUT2D eigenvalue weighted by atomic mass is 19.4. The maximum Gasteiger partial charge on any atom is 0.573 e. The van der Waals surface area contributed by atoms with Crippen LogP contribution in [0, 0.1) is 0 Å². The molecule has 0 amide bonds. The highest BCUT2D eigenvalue weighted by Gasteiger charge is 2.31. The summed E-state index contributed by atoms with van der Waals surface area (Å²) < 4.78 is 45.2. The Hall–Kier alpha value is -1.35. The second-order valence-electron chi connectivity index (χ2n) is 5.25. The fraction of sp³-hybridized carbons (Fsp3) is 0.571. The summed E-state index contributed by atoms with van der Waals surface area (Å²) in [6.45, 7) is 2.67. The van der Waals surface area contributed by atoms with Crippen molar-refractivity contribution in [3.8, 4) is 5.75 Å². The molecule has 0 aromatic heterocycles. The van der Waals surface area contributed by atoms with Crippen LogP contribution in [0.15, 0.2) is 24.3 Å². The first-order chi connectivity index (χ1) is 10.4. The van der Waals surface area contributed by atoms with E-state index >= 15 is 0 Å². The predicted octanol–water partition coefficient (Wildman–Crippen LogP) is 1.03. The summed E-state index contributed by atoms with van der Waals surface area (Å²) in [5.74, 6) is -0.253. The van der Waals surface area contributed by atoms with Gasteiger partial charge in [0.2, 0.25) is 0 Å². The molecule has 1 unspecified atom stereocenters. The van der Waals surface area contributed by atoms with Gasteiger partial charge in [-0.05, 0) is 17.7 Å². The van der Waals surface area contributed by atoms with Gasteiger partial charge in [-0.25, -0.2) is 0 Å². The van der Waals surface area contributed by atoms with E-state index in [4.69, 9.17) is 4.74 Å². The maximum atomic E-state index is 12.0. The average molecular weight is 320 g/mol. The first kappa shape index (κ1) is 17.0. The zero-order valence-corrected chi connectivity index (χ0v) is 11.9. The number of aliphatic hydroxyl groups is 1. The number of alkyl halides is 3. The summed E-state index contributed by atoms with van der Waals surface area (Å²) in [6.07, 6.45) is -4.68. The number of hydrogen-bond donors (Lipinski definition) is 3. The van der Waals surface area contributed by atoms with Gasteiger partial charge in [0.1, 0.15) is 11.4 Å². The molecule has 1 aromatic rings. The molecule has 22 heavy (non-hydrogen) atoms. The Balaban J connectivity index is 1.79. The molecule has 1 fully saturated rings. The van der Waals surface area contributed by atoms with E-state index in [-0.39, 0.29) is 12.4 Å². The van der Waals surface area contributed by atoms with E-state index < -0.39 is 12.0 Å². The second kappa shape index (κ2) is 7.28. The fourth-order valence-electron chi connectivity index (χ4n) is 2.14. The standard InChI is InChI=1S/C14H19F3N2O3/c15-14(16,17)22-12-3-1-11(2-4-12)7-19-9-13(20)8-18-5-6-21-10-13/h1-4,18-20H,5-10H2. The van der Waals surface area contributed by atoms with Gasteiger partial charge in [-0.15, -0.1) is 13.2 Å². The second-order valence-corrected chi connectivity index (χ2v) is 5.25. The molecule has 3 N–H and O–H groups in total. The van der Waals surface area contributed by atoms with Crippen LogP contribution in [-0.4, -0.2) is 49.9 Å². The van der Waals surface area contributed by atoms with Gasteiger partial charge in [0.05, 0.1) is 13.2 Å². The summed E-state index contributed by atoms with van der Waals surface area (Å²) in [5, 5.41) is 16.5. The van der Waals surface area contributed by atoms with Gasteiger partial charge in [0, 0.05) is 26.2 Å². The fourth-order valence-corrected chi connectivity index (χ4v) is 2.14. The highest BCUT2D eigenvalue weighted by molar-refractivity contribution is 5.27. The summed E-state index contributed by atoms with van der Waals surface area (Å²) in [6, 6.07) is 5.60. The molecule has 1 atom stereocenters. The van der Waals surface area contributed by atoms with Gasteiger partial charge >= 0.3 is 6.36 Å². The van der Waals surface area contributed by atoms with E-state index in [9.17, 15) is 18.3 Å². The third-order valence-corrected chi connectivity index (χ3v) is 3.19. The largest absolute Gasteiger partial charge is 0.573 e. The van der Waals surface area contributed by atoms with E-state index in [1.165, 1.54) is 12.1 Å². The van der Waals surface area contributed by atoms with Gasteiger partial charge in [0.15, 0.2) is 0 Å². The van der Waals surface area contributed by atoms with E-state index in [1.54, 1.807) is 12.1 Å². The number of rotatable bonds is 5. The number of nitrogens with one attached hydrogen (secondary N) is 2. The van der Waals surface area contributed by atoms with Gasteiger partial charge < -0.3 is 25.2 Å². The van der Waals surface area contributed by atoms with Crippen molar-refractivity contribution in [1.82, 2.24) is 10.6 Å². The number of hydrogen-bond acceptors (Lipinski definition) is 5. The molecule has 124 valence electrons. The minimum absolute atomic E-state index is 0.241. The first-order valence-corrected chi connectivity index (χ1v) is 6.93. The Morgan fingerprint density at radius 2 is 2.05 bits per heavy atom. The lowest BCUT2D eigenvalue weighted by molar-refractivity contribution is -0.274. The topological polar surface area (TPSA) is 62.8 Å². The van der Waals surface area contributed by atoms with Gasteiger partial charge in [-0.1, -0.05) is 12.1 Å². The Morgan fingerprint density at radius 1 is 1.32 bits per heavy atom. The summed E-state index contributed by atoms with van der Waals surface area (Å²) in [4.78, 5) is 0. The zero-order valence-electron chi connectivity index (χ0n) is 11.9. The number of benzene rings is 1. The van der Waals surface area contributed by atoms with E-state index in [2.05, 4.69) is 15.4 Å². The van der Waals surface area contributed by atoms with Crippen molar-refractivity contribution < 1.29 is 27.8 Å². The van der Waals surface area contributed by atoms with Crippen molar-refractivity contribution in [2.24, 2.45) is 0 Å². The van der Waals surface area contributed by atoms with Gasteiger partial charge in [-0.2, -0.15) is 0 Å². The Labute approximate surface area is 126 Å². The third kappa shape index (κ3) is 5.80. The van der Waals surface area contributed by atoms with Crippen LogP contribution >= 0.6 is 0 Å². The Morgan fingerprint density at radius 3 is 2.73 bits per heavy atom. The molecule has 1 heterocycles. The van der Waals surface area contributed by atoms with Crippen molar-refractivity contribution >= 4 is 0 Å². The van der Waals surface area contributed by atoms with Crippen LogP contribution in [0.25, 0.3) is 0 Å². The maximum absolute atomic E-state index is 12.0. The van der Waals surface area contributed by atoms with Crippen molar-refractivity contribution in [3.63, 3.8) is 0 Å². The summed E-state index contributed by atoms with van der Waals surface area (Å²) in [5.41, 5.74) is -0.198. The lowest BCUT2D eigenvalue weighted by atomic mass is 10.1. The van der Waals surface area contributed by atoms with Crippen LogP contribution in [-0.2, 0) is 11.3 Å². The smallest absolute Gasteiger partial charge is 0.406 e. The van der Waals surface area contributed by atoms with Gasteiger partial charge in [-0.3, -0.25) is 0 Å². The highest BCUT2D eigenvalue weighted by Crippen LogP contribution is 2.22. The molecule has 8 heteroatoms. The molecular formula is C14H19F3N2O3. The SMILES string of the molecule is OC1(CNCc2ccc(OC(F)(F)F)cc2)CNCCOC1. The Bertz CT molecular complexity index is 457. The molecule has 1 aliphatic rings. The lowest BCUT2D eigenvalue weighted by Gasteiger charge is -2.26. The molecule has 0 spiro atoms. The molecule has 2 rings (SSSR count). The molecular weight excluding hydrogens is 301 g/mol. The lowest BCUT2D eigenvalue weighted by Crippen LogP contribution is -2.50. The van der Waals surface area contributed by atoms with E-state index in [0.717, 1.165) is 5.56 Å². The van der Waals surface area contributed by atoms with Crippen LogP contribution in [0.3, 0.4) is 0 Å². The van der Waals surface area contributed by atoms with Crippen LogP contribution < -0.4 is 15.4 Å². The summed E-state index contributed by atoms with van der Waals surface area (Å²) in [7, 11) is 0. The van der Waals surface area contributed by atoms with Crippen molar-refractivity contribution in [2.75, 3.05) is 32.8 Å². The quantitative estimate of drug-likeness (QED) is 0.756. The van der Waals surface area contributed by atoms with Crippen molar-refractivity contribution in [2.45, 2.75) is 18.5 Å². The molecule has 1 aromatic carbocycles. The molecule has 0 radical (unpaired) electrons. The van der Waals surface area contributed by atoms with Crippen LogP contribution in [0.1, 0.15) is 5.56 Å². The first-order valence-electron chi connectivity index (χ1n) is 6.93. The van der Waals surface area contributed by atoms with Crippen molar-refractivity contribution in [3.05, 3.63) is 29.8 Å². The predicted molar refractivity (Wildman–Crippen MR) is 73.5 cm³/mol. The Kier molecular flexibility index (Phi) is 5.63. The molecule has 1 aliphatic heterocycles. The molecule has 0 bridgehead atoms. The minimum atomic E-state index is -4.68. The third-order valence-electron chi connectivity index (χ3n) is 3.19. The zero-order chi connectivity index (χ0) is 16.1. The van der Waals surface area contributed by atoms with Crippen LogP contribution in [0.4, 0.5) is 13.2 Å². The van der Waals surface area contributed by atoms with Crippen LogP contribution in [0.5, 0.6) is 5.75 Å². The number of halogens is 3. The monoisotopic (exact) mass is 320 g/mol. The number of ether oxygens (including phenoxy) is 2. The molecule has 0 aliphatic carbocycles. The van der Waals surface area contributed by atoms with E-state index in [1.807, 2.05) is 0 Å².